The van der Waals surface area contributed by atoms with Crippen LogP contribution in [0.15, 0.2) is 39.9 Å². The van der Waals surface area contributed by atoms with E-state index in [1.54, 1.807) is 36.0 Å². The average Bonchev–Trinajstić information content (AvgIpc) is 3.25. The Balaban J connectivity index is 2.03. The summed E-state index contributed by atoms with van der Waals surface area (Å²) in [5.41, 5.74) is 0.851. The number of ether oxygens (including phenoxy) is 2. The molecular weight excluding hydrogens is 334 g/mol. The molecule has 7 heteroatoms. The Labute approximate surface area is 140 Å². The fourth-order valence-electron chi connectivity index (χ4n) is 2.96. The Hall–Kier alpha value is -1.57. The topological polar surface area (TPSA) is 55.8 Å². The predicted molar refractivity (Wildman–Crippen MR) is 89.7 cm³/mol. The third-order valence-corrected chi connectivity index (χ3v) is 7.34. The van der Waals surface area contributed by atoms with E-state index in [0.29, 0.717) is 22.3 Å². The first-order chi connectivity index (χ1) is 11.1. The first-order valence-corrected chi connectivity index (χ1v) is 9.67. The highest BCUT2D eigenvalue weighted by molar-refractivity contribution is 7.91. The van der Waals surface area contributed by atoms with Gasteiger partial charge in [0.25, 0.3) is 10.0 Å². The second-order valence-electron chi connectivity index (χ2n) is 5.31. The van der Waals surface area contributed by atoms with Gasteiger partial charge in [0.1, 0.15) is 15.7 Å². The molecule has 0 spiro atoms. The van der Waals surface area contributed by atoms with Gasteiger partial charge in [-0.15, -0.1) is 11.3 Å². The number of hydrogen-bond acceptors (Lipinski definition) is 5. The summed E-state index contributed by atoms with van der Waals surface area (Å²) in [6.07, 6.45) is 1.60. The molecule has 2 aromatic rings. The smallest absolute Gasteiger partial charge is 0.253 e. The molecule has 1 fully saturated rings. The summed E-state index contributed by atoms with van der Waals surface area (Å²) < 4.78 is 38.5. The summed E-state index contributed by atoms with van der Waals surface area (Å²) in [5, 5.41) is 1.78. The maximum atomic E-state index is 12.9. The van der Waals surface area contributed by atoms with Crippen molar-refractivity contribution in [3.8, 4) is 11.5 Å². The van der Waals surface area contributed by atoms with Crippen LogP contribution in [0.3, 0.4) is 0 Å². The van der Waals surface area contributed by atoms with Crippen LogP contribution in [-0.2, 0) is 10.0 Å². The minimum absolute atomic E-state index is 0.229. The van der Waals surface area contributed by atoms with E-state index in [1.807, 2.05) is 18.2 Å². The first-order valence-electron chi connectivity index (χ1n) is 7.35. The lowest BCUT2D eigenvalue weighted by Crippen LogP contribution is -2.30. The quantitative estimate of drug-likeness (QED) is 0.828. The van der Waals surface area contributed by atoms with E-state index in [1.165, 1.54) is 11.3 Å². The molecule has 1 aromatic heterocycles. The zero-order chi connectivity index (χ0) is 16.4. The molecule has 2 heterocycles. The largest absolute Gasteiger partial charge is 0.497 e. The van der Waals surface area contributed by atoms with E-state index >= 15 is 0 Å². The van der Waals surface area contributed by atoms with E-state index in [0.717, 1.165) is 18.4 Å². The van der Waals surface area contributed by atoms with Crippen LogP contribution in [0, 0.1) is 0 Å². The van der Waals surface area contributed by atoms with Gasteiger partial charge < -0.3 is 9.47 Å². The summed E-state index contributed by atoms with van der Waals surface area (Å²) in [6, 6.07) is 8.68. The molecule has 0 bridgehead atoms. The van der Waals surface area contributed by atoms with Crippen molar-refractivity contribution < 1.29 is 17.9 Å². The van der Waals surface area contributed by atoms with E-state index in [-0.39, 0.29) is 6.04 Å². The Morgan fingerprint density at radius 3 is 2.70 bits per heavy atom. The maximum absolute atomic E-state index is 12.9. The Morgan fingerprint density at radius 1 is 1.22 bits per heavy atom. The minimum Gasteiger partial charge on any atom is -0.497 e. The minimum atomic E-state index is -3.48. The molecule has 0 unspecified atom stereocenters. The van der Waals surface area contributed by atoms with Gasteiger partial charge in [0, 0.05) is 12.1 Å². The van der Waals surface area contributed by atoms with E-state index in [4.69, 9.17) is 9.47 Å². The number of methoxy groups -OCH3 is 2. The van der Waals surface area contributed by atoms with E-state index < -0.39 is 10.0 Å². The van der Waals surface area contributed by atoms with Gasteiger partial charge in [-0.3, -0.25) is 0 Å². The van der Waals surface area contributed by atoms with E-state index in [9.17, 15) is 8.42 Å². The first kappa shape index (κ1) is 16.3. The normalized spacial score (nSPS) is 19.0. The lowest BCUT2D eigenvalue weighted by atomic mass is 10.0. The molecule has 1 aromatic carbocycles. The van der Waals surface area contributed by atoms with Crippen molar-refractivity contribution in [2.45, 2.75) is 23.1 Å². The molecule has 0 N–H and O–H groups in total. The number of sulfonamides is 1. The number of nitrogens with zero attached hydrogens (tertiary/aromatic N) is 1. The van der Waals surface area contributed by atoms with Crippen molar-refractivity contribution in [1.82, 2.24) is 4.31 Å². The van der Waals surface area contributed by atoms with Crippen LogP contribution in [-0.4, -0.2) is 33.5 Å². The van der Waals surface area contributed by atoms with Crippen molar-refractivity contribution in [3.63, 3.8) is 0 Å². The zero-order valence-electron chi connectivity index (χ0n) is 13.1. The van der Waals surface area contributed by atoms with Crippen molar-refractivity contribution >= 4 is 21.4 Å². The molecule has 0 radical (unpaired) electrons. The third kappa shape index (κ3) is 2.96. The van der Waals surface area contributed by atoms with Gasteiger partial charge in [0.15, 0.2) is 0 Å². The van der Waals surface area contributed by atoms with Gasteiger partial charge in [0.05, 0.1) is 20.3 Å². The molecule has 5 nitrogen and oxygen atoms in total. The molecule has 1 saturated heterocycles. The molecule has 0 saturated carbocycles. The highest BCUT2D eigenvalue weighted by Crippen LogP contribution is 2.42. The zero-order valence-corrected chi connectivity index (χ0v) is 14.7. The number of thiophene rings is 1. The summed E-state index contributed by atoms with van der Waals surface area (Å²) in [6.45, 7) is 0.519. The molecule has 1 aliphatic heterocycles. The highest BCUT2D eigenvalue weighted by Gasteiger charge is 2.38. The second kappa shape index (κ2) is 6.51. The van der Waals surface area contributed by atoms with Crippen LogP contribution in [0.4, 0.5) is 0 Å². The van der Waals surface area contributed by atoms with Crippen LogP contribution in [0.25, 0.3) is 0 Å². The lowest BCUT2D eigenvalue weighted by molar-refractivity contribution is 0.362. The monoisotopic (exact) mass is 353 g/mol. The van der Waals surface area contributed by atoms with Crippen molar-refractivity contribution in [1.29, 1.82) is 0 Å². The van der Waals surface area contributed by atoms with Crippen molar-refractivity contribution in [3.05, 3.63) is 41.3 Å². The molecule has 0 aliphatic carbocycles. The third-order valence-electron chi connectivity index (χ3n) is 4.06. The molecule has 3 rings (SSSR count). The molecule has 23 heavy (non-hydrogen) atoms. The van der Waals surface area contributed by atoms with Gasteiger partial charge in [0.2, 0.25) is 0 Å². The summed E-state index contributed by atoms with van der Waals surface area (Å²) >= 11 is 1.25. The summed E-state index contributed by atoms with van der Waals surface area (Å²) in [7, 11) is -0.289. The van der Waals surface area contributed by atoms with Gasteiger partial charge in [-0.2, -0.15) is 4.31 Å². The van der Waals surface area contributed by atoms with Crippen LogP contribution in [0.5, 0.6) is 11.5 Å². The Bertz CT molecular complexity index is 771. The summed E-state index contributed by atoms with van der Waals surface area (Å²) in [4.78, 5) is 0. The predicted octanol–water partition coefficient (Wildman–Crippen LogP) is 3.29. The summed E-state index contributed by atoms with van der Waals surface area (Å²) in [5.74, 6) is 1.38. The number of rotatable bonds is 5. The van der Waals surface area contributed by atoms with Crippen molar-refractivity contribution in [2.24, 2.45) is 0 Å². The lowest BCUT2D eigenvalue weighted by Gasteiger charge is -2.25. The van der Waals surface area contributed by atoms with Crippen LogP contribution in [0.2, 0.25) is 0 Å². The SMILES string of the molecule is COc1ccc(OC)c([C@H]2CCCN2S(=O)(=O)c2cccs2)c1. The molecule has 0 amide bonds. The van der Waals surface area contributed by atoms with Crippen LogP contribution in [0.1, 0.15) is 24.4 Å². The van der Waals surface area contributed by atoms with Gasteiger partial charge in [-0.25, -0.2) is 8.42 Å². The van der Waals surface area contributed by atoms with Crippen LogP contribution < -0.4 is 9.47 Å². The van der Waals surface area contributed by atoms with Gasteiger partial charge in [-0.1, -0.05) is 6.07 Å². The maximum Gasteiger partial charge on any atom is 0.253 e. The number of benzene rings is 1. The standard InChI is InChI=1S/C16H19NO4S2/c1-20-12-7-8-15(21-2)13(11-12)14-5-3-9-17(14)23(18,19)16-6-4-10-22-16/h4,6-8,10-11,14H,3,5,9H2,1-2H3/t14-/m1/s1. The molecule has 1 atom stereocenters. The Morgan fingerprint density at radius 2 is 2.04 bits per heavy atom. The molecule has 124 valence electrons. The highest BCUT2D eigenvalue weighted by atomic mass is 32.2. The fourth-order valence-corrected chi connectivity index (χ4v) is 5.76. The van der Waals surface area contributed by atoms with Crippen LogP contribution >= 0.6 is 11.3 Å². The fraction of sp³-hybridized carbons (Fsp3) is 0.375. The van der Waals surface area contributed by atoms with Gasteiger partial charge in [-0.05, 0) is 42.5 Å². The average molecular weight is 353 g/mol. The molecule has 1 aliphatic rings. The van der Waals surface area contributed by atoms with E-state index in [2.05, 4.69) is 0 Å². The van der Waals surface area contributed by atoms with Crippen molar-refractivity contribution in [2.75, 3.05) is 20.8 Å². The second-order valence-corrected chi connectivity index (χ2v) is 8.38. The number of hydrogen-bond donors (Lipinski definition) is 0. The Kier molecular flexibility index (Phi) is 4.61. The molecular formula is C16H19NO4S2. The van der Waals surface area contributed by atoms with Gasteiger partial charge >= 0.3 is 0 Å².